The number of piperazine rings is 1. The van der Waals surface area contributed by atoms with Gasteiger partial charge in [-0.3, -0.25) is 9.80 Å². The smallest absolute Gasteiger partial charge is 0.137 e. The van der Waals surface area contributed by atoms with Crippen LogP contribution < -0.4 is 0 Å². The van der Waals surface area contributed by atoms with Crippen LogP contribution in [0.3, 0.4) is 0 Å². The zero-order valence-electron chi connectivity index (χ0n) is 12.3. The molecule has 0 aliphatic carbocycles. The quantitative estimate of drug-likeness (QED) is 0.811. The van der Waals surface area contributed by atoms with Crippen molar-refractivity contribution in [2.24, 2.45) is 0 Å². The SMILES string of the molecule is CN(C)CCN1CCN(Cc2ccc(F)c(Br)c2)CC1. The molecule has 112 valence electrons. The highest BCUT2D eigenvalue weighted by Gasteiger charge is 2.17. The molecule has 0 atom stereocenters. The second-order valence-corrected chi connectivity index (χ2v) is 6.52. The highest BCUT2D eigenvalue weighted by atomic mass is 79.9. The van der Waals surface area contributed by atoms with E-state index in [2.05, 4.69) is 44.7 Å². The van der Waals surface area contributed by atoms with Gasteiger partial charge in [0.05, 0.1) is 4.47 Å². The van der Waals surface area contributed by atoms with Crippen molar-refractivity contribution in [3.63, 3.8) is 0 Å². The topological polar surface area (TPSA) is 9.72 Å². The van der Waals surface area contributed by atoms with E-state index in [4.69, 9.17) is 0 Å². The summed E-state index contributed by atoms with van der Waals surface area (Å²) in [7, 11) is 4.23. The molecule has 0 unspecified atom stereocenters. The zero-order chi connectivity index (χ0) is 14.5. The summed E-state index contributed by atoms with van der Waals surface area (Å²) in [5, 5.41) is 0. The first-order valence-electron chi connectivity index (χ1n) is 7.08. The highest BCUT2D eigenvalue weighted by molar-refractivity contribution is 9.10. The van der Waals surface area contributed by atoms with Crippen molar-refractivity contribution in [1.82, 2.24) is 14.7 Å². The maximum absolute atomic E-state index is 13.2. The predicted octanol–water partition coefficient (Wildman–Crippen LogP) is 2.27. The molecule has 0 saturated carbocycles. The molecular weight excluding hydrogens is 321 g/mol. The van der Waals surface area contributed by atoms with Crippen LogP contribution in [0.15, 0.2) is 22.7 Å². The van der Waals surface area contributed by atoms with E-state index in [9.17, 15) is 4.39 Å². The molecule has 2 rings (SSSR count). The third-order valence-corrected chi connectivity index (χ3v) is 4.33. The lowest BCUT2D eigenvalue weighted by atomic mass is 10.2. The van der Waals surface area contributed by atoms with Crippen molar-refractivity contribution in [2.75, 3.05) is 53.4 Å². The van der Waals surface area contributed by atoms with E-state index >= 15 is 0 Å². The van der Waals surface area contributed by atoms with E-state index in [0.717, 1.165) is 45.8 Å². The van der Waals surface area contributed by atoms with Gasteiger partial charge in [-0.15, -0.1) is 0 Å². The van der Waals surface area contributed by atoms with Crippen molar-refractivity contribution in [3.05, 3.63) is 34.1 Å². The van der Waals surface area contributed by atoms with Gasteiger partial charge in [0.15, 0.2) is 0 Å². The molecule has 0 spiro atoms. The minimum atomic E-state index is -0.192. The molecule has 5 heteroatoms. The standard InChI is InChI=1S/C15H23BrFN3/c1-18(2)5-6-19-7-9-20(10-8-19)12-13-3-4-15(17)14(16)11-13/h3-4,11H,5-10,12H2,1-2H3. The first-order valence-corrected chi connectivity index (χ1v) is 7.87. The fourth-order valence-electron chi connectivity index (χ4n) is 2.41. The van der Waals surface area contributed by atoms with Gasteiger partial charge in [0, 0.05) is 45.8 Å². The lowest BCUT2D eigenvalue weighted by molar-refractivity contribution is 0.120. The van der Waals surface area contributed by atoms with Crippen LogP contribution in [-0.2, 0) is 6.54 Å². The molecule has 1 aliphatic heterocycles. The summed E-state index contributed by atoms with van der Waals surface area (Å²) >= 11 is 3.25. The zero-order valence-corrected chi connectivity index (χ0v) is 13.9. The highest BCUT2D eigenvalue weighted by Crippen LogP contribution is 2.18. The molecule has 1 aliphatic rings. The van der Waals surface area contributed by atoms with Crippen molar-refractivity contribution >= 4 is 15.9 Å². The van der Waals surface area contributed by atoms with Crippen molar-refractivity contribution in [1.29, 1.82) is 0 Å². The molecule has 0 bridgehead atoms. The Hall–Kier alpha value is -0.490. The van der Waals surface area contributed by atoms with Crippen LogP contribution in [-0.4, -0.2) is 68.1 Å². The molecule has 3 nitrogen and oxygen atoms in total. The van der Waals surface area contributed by atoms with Gasteiger partial charge in [0.25, 0.3) is 0 Å². The van der Waals surface area contributed by atoms with Crippen LogP contribution >= 0.6 is 15.9 Å². The Morgan fingerprint density at radius 1 is 1.15 bits per heavy atom. The average molecular weight is 344 g/mol. The maximum Gasteiger partial charge on any atom is 0.137 e. The van der Waals surface area contributed by atoms with Crippen LogP contribution in [0.2, 0.25) is 0 Å². The van der Waals surface area contributed by atoms with E-state index in [0.29, 0.717) is 4.47 Å². The lowest BCUT2D eigenvalue weighted by Crippen LogP contribution is -2.47. The second kappa shape index (κ2) is 7.50. The Balaban J connectivity index is 1.77. The van der Waals surface area contributed by atoms with Gasteiger partial charge in [-0.2, -0.15) is 0 Å². The summed E-state index contributed by atoms with van der Waals surface area (Å²) in [4.78, 5) is 7.17. The molecule has 1 fully saturated rings. The van der Waals surface area contributed by atoms with Crippen molar-refractivity contribution in [2.45, 2.75) is 6.54 Å². The third kappa shape index (κ3) is 4.81. The molecule has 0 amide bonds. The van der Waals surface area contributed by atoms with Gasteiger partial charge >= 0.3 is 0 Å². The summed E-state index contributed by atoms with van der Waals surface area (Å²) in [5.41, 5.74) is 1.17. The summed E-state index contributed by atoms with van der Waals surface area (Å²) in [6.45, 7) is 7.57. The van der Waals surface area contributed by atoms with Crippen molar-refractivity contribution in [3.8, 4) is 0 Å². The molecule has 0 aromatic heterocycles. The Kier molecular flexibility index (Phi) is 5.96. The van der Waals surface area contributed by atoms with Gasteiger partial charge in [-0.25, -0.2) is 4.39 Å². The average Bonchev–Trinajstić information content (AvgIpc) is 2.42. The van der Waals surface area contributed by atoms with Crippen molar-refractivity contribution < 1.29 is 4.39 Å². The molecule has 1 aromatic rings. The van der Waals surface area contributed by atoms with Gasteiger partial charge in [-0.05, 0) is 47.7 Å². The molecular formula is C15H23BrFN3. The van der Waals surface area contributed by atoms with Crippen LogP contribution in [0.4, 0.5) is 4.39 Å². The van der Waals surface area contributed by atoms with Gasteiger partial charge in [-0.1, -0.05) is 6.07 Å². The minimum absolute atomic E-state index is 0.192. The number of halogens is 2. The molecule has 1 saturated heterocycles. The van der Waals surface area contributed by atoms with E-state index in [1.165, 1.54) is 11.6 Å². The minimum Gasteiger partial charge on any atom is -0.308 e. The maximum atomic E-state index is 13.2. The molecule has 1 heterocycles. The summed E-state index contributed by atoms with van der Waals surface area (Å²) in [5.74, 6) is -0.192. The van der Waals surface area contributed by atoms with Crippen LogP contribution in [0.5, 0.6) is 0 Å². The Morgan fingerprint density at radius 3 is 2.40 bits per heavy atom. The number of rotatable bonds is 5. The van der Waals surface area contributed by atoms with Gasteiger partial charge in [0.1, 0.15) is 5.82 Å². The Bertz CT molecular complexity index is 431. The molecule has 20 heavy (non-hydrogen) atoms. The molecule has 1 aromatic carbocycles. The summed E-state index contributed by atoms with van der Waals surface area (Å²) in [6.07, 6.45) is 0. The fourth-order valence-corrected chi connectivity index (χ4v) is 2.83. The monoisotopic (exact) mass is 343 g/mol. The summed E-state index contributed by atoms with van der Waals surface area (Å²) in [6, 6.07) is 5.29. The number of likely N-dealkylation sites (N-methyl/N-ethyl adjacent to an activating group) is 1. The van der Waals surface area contributed by atoms with Gasteiger partial charge in [0.2, 0.25) is 0 Å². The largest absolute Gasteiger partial charge is 0.308 e. The number of benzene rings is 1. The normalized spacial score (nSPS) is 17.9. The molecule has 0 radical (unpaired) electrons. The van der Waals surface area contributed by atoms with E-state index < -0.39 is 0 Å². The number of hydrogen-bond donors (Lipinski definition) is 0. The first kappa shape index (κ1) is 15.9. The first-order chi connectivity index (χ1) is 9.54. The third-order valence-electron chi connectivity index (χ3n) is 3.72. The second-order valence-electron chi connectivity index (χ2n) is 5.67. The van der Waals surface area contributed by atoms with E-state index in [1.54, 1.807) is 0 Å². The number of nitrogens with zero attached hydrogens (tertiary/aromatic N) is 3. The number of hydrogen-bond acceptors (Lipinski definition) is 3. The van der Waals surface area contributed by atoms with E-state index in [1.807, 2.05) is 12.1 Å². The molecule has 0 N–H and O–H groups in total. The van der Waals surface area contributed by atoms with Gasteiger partial charge < -0.3 is 4.90 Å². The Morgan fingerprint density at radius 2 is 1.80 bits per heavy atom. The fraction of sp³-hybridized carbons (Fsp3) is 0.600. The Labute approximate surface area is 129 Å². The van der Waals surface area contributed by atoms with Crippen LogP contribution in [0, 0.1) is 5.82 Å². The van der Waals surface area contributed by atoms with Crippen LogP contribution in [0.1, 0.15) is 5.56 Å². The lowest BCUT2D eigenvalue weighted by Gasteiger charge is -2.35. The predicted molar refractivity (Wildman–Crippen MR) is 84.4 cm³/mol. The van der Waals surface area contributed by atoms with E-state index in [-0.39, 0.29) is 5.82 Å². The van der Waals surface area contributed by atoms with Crippen LogP contribution in [0.25, 0.3) is 0 Å². The summed E-state index contributed by atoms with van der Waals surface area (Å²) < 4.78 is 13.8.